The zero-order valence-corrected chi connectivity index (χ0v) is 11.0. The monoisotopic (exact) mass is 234 g/mol. The predicted octanol–water partition coefficient (Wildman–Crippen LogP) is 2.84. The molecule has 1 saturated carbocycles. The van der Waals surface area contributed by atoms with E-state index >= 15 is 0 Å². The van der Waals surface area contributed by atoms with Crippen LogP contribution in [0.1, 0.15) is 58.2 Å². The van der Waals surface area contributed by atoms with Gasteiger partial charge >= 0.3 is 0 Å². The van der Waals surface area contributed by atoms with Crippen LogP contribution in [0.2, 0.25) is 0 Å². The molecule has 0 saturated heterocycles. The smallest absolute Gasteiger partial charge is 0.274 e. The minimum Gasteiger partial charge on any atom is -0.394 e. The Bertz CT molecular complexity index is 462. The van der Waals surface area contributed by atoms with Gasteiger partial charge in [-0.3, -0.25) is 4.79 Å². The molecule has 1 aliphatic rings. The minimum absolute atomic E-state index is 0.00988. The number of hydrogen-bond donors (Lipinski definition) is 1. The number of nitrogens with zero attached hydrogens (tertiary/aromatic N) is 1. The lowest BCUT2D eigenvalue weighted by Gasteiger charge is -2.27. The Balaban J connectivity index is 2.60. The van der Waals surface area contributed by atoms with E-state index in [1.165, 1.54) is 12.8 Å². The molecule has 1 aliphatic carbocycles. The summed E-state index contributed by atoms with van der Waals surface area (Å²) in [4.78, 5) is 12.3. The van der Waals surface area contributed by atoms with Crippen molar-refractivity contribution in [1.29, 1.82) is 0 Å². The molecule has 0 amide bonds. The predicted molar refractivity (Wildman–Crippen MR) is 71.3 cm³/mol. The summed E-state index contributed by atoms with van der Waals surface area (Å²) in [5.41, 5.74) is 7.20. The summed E-state index contributed by atoms with van der Waals surface area (Å²) in [5.74, 6) is 0. The number of nitrogens with two attached hydrogens (primary N) is 1. The van der Waals surface area contributed by atoms with Gasteiger partial charge in [-0.25, -0.2) is 0 Å². The Morgan fingerprint density at radius 2 is 1.82 bits per heavy atom. The third-order valence-corrected chi connectivity index (χ3v) is 3.60. The van der Waals surface area contributed by atoms with Gasteiger partial charge in [-0.05, 0) is 25.0 Å². The number of rotatable bonds is 1. The molecule has 1 aromatic heterocycles. The van der Waals surface area contributed by atoms with Crippen LogP contribution in [-0.4, -0.2) is 4.57 Å². The van der Waals surface area contributed by atoms with E-state index in [9.17, 15) is 4.79 Å². The second-order valence-electron chi connectivity index (χ2n) is 6.04. The SMILES string of the molecule is CC(C)(C)c1ccc(N)c(=O)n1C1CCCC1. The normalized spacial score (nSPS) is 17.6. The summed E-state index contributed by atoms with van der Waals surface area (Å²) in [6.45, 7) is 6.43. The number of hydrogen-bond acceptors (Lipinski definition) is 2. The largest absolute Gasteiger partial charge is 0.394 e. The fourth-order valence-electron chi connectivity index (χ4n) is 2.71. The van der Waals surface area contributed by atoms with Crippen LogP contribution in [0.5, 0.6) is 0 Å². The Morgan fingerprint density at radius 3 is 2.35 bits per heavy atom. The first-order chi connectivity index (χ1) is 7.91. The van der Waals surface area contributed by atoms with Crippen molar-refractivity contribution in [1.82, 2.24) is 4.57 Å². The van der Waals surface area contributed by atoms with Crippen LogP contribution in [0.3, 0.4) is 0 Å². The summed E-state index contributed by atoms with van der Waals surface area (Å²) >= 11 is 0. The summed E-state index contributed by atoms with van der Waals surface area (Å²) < 4.78 is 1.95. The molecular weight excluding hydrogens is 212 g/mol. The first-order valence-corrected chi connectivity index (χ1v) is 6.43. The Labute approximate surface area is 103 Å². The van der Waals surface area contributed by atoms with Crippen molar-refractivity contribution in [3.05, 3.63) is 28.2 Å². The van der Waals surface area contributed by atoms with Gasteiger partial charge < -0.3 is 10.3 Å². The molecule has 2 N–H and O–H groups in total. The fourth-order valence-corrected chi connectivity index (χ4v) is 2.71. The lowest BCUT2D eigenvalue weighted by molar-refractivity contribution is 0.432. The van der Waals surface area contributed by atoms with Crippen LogP contribution in [0.15, 0.2) is 16.9 Å². The first-order valence-electron chi connectivity index (χ1n) is 6.43. The molecule has 1 aromatic rings. The second-order valence-corrected chi connectivity index (χ2v) is 6.04. The van der Waals surface area contributed by atoms with E-state index in [0.29, 0.717) is 11.7 Å². The van der Waals surface area contributed by atoms with E-state index < -0.39 is 0 Å². The van der Waals surface area contributed by atoms with Crippen LogP contribution < -0.4 is 11.3 Å². The van der Waals surface area contributed by atoms with Gasteiger partial charge in [0.25, 0.3) is 5.56 Å². The molecule has 0 radical (unpaired) electrons. The van der Waals surface area contributed by atoms with Crippen molar-refractivity contribution < 1.29 is 0 Å². The van der Waals surface area contributed by atoms with Crippen molar-refractivity contribution in [3.63, 3.8) is 0 Å². The van der Waals surface area contributed by atoms with Crippen LogP contribution in [0, 0.1) is 0 Å². The maximum absolute atomic E-state index is 12.3. The average Bonchev–Trinajstić information content (AvgIpc) is 2.73. The van der Waals surface area contributed by atoms with Gasteiger partial charge in [0.15, 0.2) is 0 Å². The molecule has 3 heteroatoms. The standard InChI is InChI=1S/C14H22N2O/c1-14(2,3)12-9-8-11(15)13(17)16(12)10-6-4-5-7-10/h8-10H,4-7,15H2,1-3H3. The molecule has 1 heterocycles. The van der Waals surface area contributed by atoms with E-state index in [4.69, 9.17) is 5.73 Å². The van der Waals surface area contributed by atoms with Gasteiger partial charge in [-0.1, -0.05) is 33.6 Å². The van der Waals surface area contributed by atoms with Gasteiger partial charge in [-0.2, -0.15) is 0 Å². The zero-order chi connectivity index (χ0) is 12.6. The Morgan fingerprint density at radius 1 is 1.24 bits per heavy atom. The van der Waals surface area contributed by atoms with Gasteiger partial charge in [0.05, 0.1) is 5.69 Å². The Hall–Kier alpha value is -1.25. The first kappa shape index (κ1) is 12.2. The third kappa shape index (κ3) is 2.24. The topological polar surface area (TPSA) is 48.0 Å². The zero-order valence-electron chi connectivity index (χ0n) is 11.0. The molecule has 0 aliphatic heterocycles. The van der Waals surface area contributed by atoms with Gasteiger partial charge in [0, 0.05) is 17.2 Å². The van der Waals surface area contributed by atoms with Crippen molar-refractivity contribution in [3.8, 4) is 0 Å². The summed E-state index contributed by atoms with van der Waals surface area (Å²) in [6.07, 6.45) is 4.64. The molecule has 0 unspecified atom stereocenters. The molecule has 94 valence electrons. The molecule has 1 fully saturated rings. The molecule has 3 nitrogen and oxygen atoms in total. The third-order valence-electron chi connectivity index (χ3n) is 3.60. The van der Waals surface area contributed by atoms with Crippen molar-refractivity contribution >= 4 is 5.69 Å². The van der Waals surface area contributed by atoms with Crippen molar-refractivity contribution in [2.45, 2.75) is 57.9 Å². The fraction of sp³-hybridized carbons (Fsp3) is 0.643. The number of anilines is 1. The van der Waals surface area contributed by atoms with Gasteiger partial charge in [0.1, 0.15) is 0 Å². The van der Waals surface area contributed by atoms with E-state index in [1.807, 2.05) is 10.6 Å². The molecule has 0 atom stereocenters. The number of pyridine rings is 1. The molecule has 2 rings (SSSR count). The maximum Gasteiger partial charge on any atom is 0.274 e. The lowest BCUT2D eigenvalue weighted by Crippen LogP contribution is -2.33. The average molecular weight is 234 g/mol. The van der Waals surface area contributed by atoms with E-state index in [1.54, 1.807) is 6.07 Å². The molecule has 17 heavy (non-hydrogen) atoms. The van der Waals surface area contributed by atoms with E-state index in [0.717, 1.165) is 18.5 Å². The quantitative estimate of drug-likeness (QED) is 0.812. The van der Waals surface area contributed by atoms with E-state index in [-0.39, 0.29) is 11.0 Å². The minimum atomic E-state index is -0.0184. The highest BCUT2D eigenvalue weighted by molar-refractivity contribution is 5.37. The van der Waals surface area contributed by atoms with Crippen molar-refractivity contribution in [2.75, 3.05) is 5.73 Å². The highest BCUT2D eigenvalue weighted by Crippen LogP contribution is 2.32. The maximum atomic E-state index is 12.3. The van der Waals surface area contributed by atoms with Gasteiger partial charge in [-0.15, -0.1) is 0 Å². The van der Waals surface area contributed by atoms with Crippen LogP contribution in [-0.2, 0) is 5.41 Å². The van der Waals surface area contributed by atoms with Crippen LogP contribution in [0.25, 0.3) is 0 Å². The summed E-state index contributed by atoms with van der Waals surface area (Å²) in [5, 5.41) is 0. The van der Waals surface area contributed by atoms with Crippen LogP contribution >= 0.6 is 0 Å². The molecular formula is C14H22N2O. The Kier molecular flexibility index (Phi) is 3.02. The summed E-state index contributed by atoms with van der Waals surface area (Å²) in [6, 6.07) is 4.10. The number of aromatic nitrogens is 1. The second kappa shape index (κ2) is 4.21. The molecule has 0 spiro atoms. The highest BCUT2D eigenvalue weighted by atomic mass is 16.1. The van der Waals surface area contributed by atoms with E-state index in [2.05, 4.69) is 20.8 Å². The van der Waals surface area contributed by atoms with Crippen molar-refractivity contribution in [2.24, 2.45) is 0 Å². The molecule has 0 aromatic carbocycles. The number of nitrogen functional groups attached to an aromatic ring is 1. The van der Waals surface area contributed by atoms with Crippen LogP contribution in [0.4, 0.5) is 5.69 Å². The summed E-state index contributed by atoms with van der Waals surface area (Å²) in [7, 11) is 0. The van der Waals surface area contributed by atoms with Gasteiger partial charge in [0.2, 0.25) is 0 Å². The molecule has 0 bridgehead atoms. The lowest BCUT2D eigenvalue weighted by atomic mass is 9.90. The highest BCUT2D eigenvalue weighted by Gasteiger charge is 2.26.